The Morgan fingerprint density at radius 3 is 2.47 bits per heavy atom. The molecule has 0 spiro atoms. The number of aromatic nitrogens is 2. The number of nitrogens with one attached hydrogen (secondary N) is 1. The lowest BCUT2D eigenvalue weighted by atomic mass is 10.1. The lowest BCUT2D eigenvalue weighted by Crippen LogP contribution is -2.23. The Kier molecular flexibility index (Phi) is 6.41. The van der Waals surface area contributed by atoms with E-state index >= 15 is 0 Å². The largest absolute Gasteiger partial charge is 0.493 e. The van der Waals surface area contributed by atoms with E-state index in [1.54, 1.807) is 26.6 Å². The molecule has 0 unspecified atom stereocenters. The Balaban J connectivity index is 1.48. The van der Waals surface area contributed by atoms with E-state index in [1.807, 2.05) is 72.9 Å². The van der Waals surface area contributed by atoms with Gasteiger partial charge >= 0.3 is 0 Å². The minimum atomic E-state index is -0.0955. The summed E-state index contributed by atoms with van der Waals surface area (Å²) in [6.45, 7) is 0. The van der Waals surface area contributed by atoms with Gasteiger partial charge in [0.25, 0.3) is 0 Å². The van der Waals surface area contributed by atoms with E-state index in [2.05, 4.69) is 15.3 Å². The second-order valence-corrected chi connectivity index (χ2v) is 7.15. The molecule has 0 atom stereocenters. The summed E-state index contributed by atoms with van der Waals surface area (Å²) in [6, 6.07) is 9.56. The van der Waals surface area contributed by atoms with Crippen molar-refractivity contribution in [1.82, 2.24) is 15.3 Å². The topological polar surface area (TPSA) is 73.3 Å². The van der Waals surface area contributed by atoms with Gasteiger partial charge in [-0.1, -0.05) is 36.4 Å². The maximum absolute atomic E-state index is 12.4. The molecule has 1 aromatic carbocycles. The fourth-order valence-electron chi connectivity index (χ4n) is 3.34. The van der Waals surface area contributed by atoms with E-state index < -0.39 is 0 Å². The highest BCUT2D eigenvalue weighted by atomic mass is 16.5. The summed E-state index contributed by atoms with van der Waals surface area (Å²) in [5, 5.41) is 3.84. The van der Waals surface area contributed by atoms with E-state index in [4.69, 9.17) is 9.47 Å². The maximum atomic E-state index is 12.4. The van der Waals surface area contributed by atoms with Crippen molar-refractivity contribution in [2.75, 3.05) is 14.2 Å². The smallest absolute Gasteiger partial charge is 0.228 e. The molecule has 2 heterocycles. The van der Waals surface area contributed by atoms with Crippen LogP contribution in [0.2, 0.25) is 0 Å². The predicted octanol–water partition coefficient (Wildman–Crippen LogP) is 4.54. The fraction of sp³-hybridized carbons (Fsp3) is 0.115. The molecule has 0 saturated heterocycles. The van der Waals surface area contributed by atoms with Crippen LogP contribution in [-0.2, 0) is 11.2 Å². The average Bonchev–Trinajstić information content (AvgIpc) is 2.80. The van der Waals surface area contributed by atoms with Gasteiger partial charge in [-0.25, -0.2) is 0 Å². The van der Waals surface area contributed by atoms with Crippen molar-refractivity contribution >= 4 is 16.8 Å². The highest BCUT2D eigenvalue weighted by Crippen LogP contribution is 2.32. The second-order valence-electron chi connectivity index (χ2n) is 7.15. The zero-order valence-corrected chi connectivity index (χ0v) is 17.9. The molecular formula is C26H23N3O3. The molecule has 0 aliphatic heterocycles. The number of rotatable bonds is 6. The van der Waals surface area contributed by atoms with Crippen LogP contribution in [0.25, 0.3) is 22.2 Å². The molecule has 2 aromatic heterocycles. The molecule has 32 heavy (non-hydrogen) atoms. The van der Waals surface area contributed by atoms with Gasteiger partial charge in [-0.05, 0) is 35.9 Å². The highest BCUT2D eigenvalue weighted by Gasteiger charge is 2.10. The quantitative estimate of drug-likeness (QED) is 0.628. The van der Waals surface area contributed by atoms with E-state index in [1.165, 1.54) is 0 Å². The van der Waals surface area contributed by atoms with Crippen molar-refractivity contribution < 1.29 is 14.3 Å². The van der Waals surface area contributed by atoms with Crippen molar-refractivity contribution in [3.8, 4) is 22.8 Å². The van der Waals surface area contributed by atoms with Crippen LogP contribution in [0.5, 0.6) is 11.5 Å². The van der Waals surface area contributed by atoms with Gasteiger partial charge in [0, 0.05) is 35.1 Å². The Morgan fingerprint density at radius 1 is 0.906 bits per heavy atom. The van der Waals surface area contributed by atoms with Gasteiger partial charge in [0.1, 0.15) is 0 Å². The summed E-state index contributed by atoms with van der Waals surface area (Å²) in [6.07, 6.45) is 17.0. The van der Waals surface area contributed by atoms with Crippen LogP contribution in [0.3, 0.4) is 0 Å². The summed E-state index contributed by atoms with van der Waals surface area (Å²) in [5.41, 5.74) is 4.04. The molecule has 6 heteroatoms. The van der Waals surface area contributed by atoms with Gasteiger partial charge in [0.15, 0.2) is 11.5 Å². The summed E-state index contributed by atoms with van der Waals surface area (Å²) in [4.78, 5) is 21.5. The molecule has 1 aliphatic carbocycles. The third-order valence-electron chi connectivity index (χ3n) is 4.95. The molecule has 6 nitrogen and oxygen atoms in total. The fourth-order valence-corrected chi connectivity index (χ4v) is 3.34. The Labute approximate surface area is 186 Å². The first kappa shape index (κ1) is 21.1. The lowest BCUT2D eigenvalue weighted by molar-refractivity contribution is -0.119. The second kappa shape index (κ2) is 9.75. The van der Waals surface area contributed by atoms with Gasteiger partial charge in [-0.3, -0.25) is 14.8 Å². The molecule has 1 aliphatic rings. The van der Waals surface area contributed by atoms with Crippen LogP contribution < -0.4 is 14.8 Å². The number of pyridine rings is 2. The summed E-state index contributed by atoms with van der Waals surface area (Å²) in [7, 11) is 3.21. The summed E-state index contributed by atoms with van der Waals surface area (Å²) in [5.74, 6) is 1.19. The highest BCUT2D eigenvalue weighted by molar-refractivity contribution is 5.86. The molecule has 1 N–H and O–H groups in total. The zero-order valence-electron chi connectivity index (χ0n) is 17.9. The molecule has 4 rings (SSSR count). The lowest BCUT2D eigenvalue weighted by Gasteiger charge is -2.10. The third-order valence-corrected chi connectivity index (χ3v) is 4.95. The SMILES string of the molecule is COc1cc2cc(-c3ccc(CC(=O)NC4=CC=CC=CC=C4)cn3)cnc2cc1OC. The number of methoxy groups -OCH3 is 2. The molecule has 1 amide bonds. The normalized spacial score (nSPS) is 12.8. The van der Waals surface area contributed by atoms with E-state index in [-0.39, 0.29) is 12.3 Å². The monoisotopic (exact) mass is 425 g/mol. The van der Waals surface area contributed by atoms with E-state index in [0.29, 0.717) is 11.5 Å². The summed E-state index contributed by atoms with van der Waals surface area (Å²) < 4.78 is 10.7. The van der Waals surface area contributed by atoms with Crippen LogP contribution in [0, 0.1) is 0 Å². The van der Waals surface area contributed by atoms with Crippen LogP contribution in [-0.4, -0.2) is 30.1 Å². The number of ether oxygens (including phenoxy) is 2. The van der Waals surface area contributed by atoms with Gasteiger partial charge in [0.05, 0.1) is 31.9 Å². The first-order valence-electron chi connectivity index (χ1n) is 10.1. The maximum Gasteiger partial charge on any atom is 0.228 e. The van der Waals surface area contributed by atoms with E-state index in [0.717, 1.165) is 33.4 Å². The number of hydrogen-bond acceptors (Lipinski definition) is 5. The Morgan fingerprint density at radius 2 is 1.69 bits per heavy atom. The summed E-state index contributed by atoms with van der Waals surface area (Å²) >= 11 is 0. The zero-order chi connectivity index (χ0) is 22.3. The number of hydrogen-bond donors (Lipinski definition) is 1. The molecule has 160 valence electrons. The third kappa shape index (κ3) is 4.92. The van der Waals surface area contributed by atoms with Crippen molar-refractivity contribution in [3.63, 3.8) is 0 Å². The standard InChI is InChI=1S/C26H23N3O3/c1-31-24-14-19-13-20(17-28-23(19)15-25(24)32-2)22-11-10-18(16-27-22)12-26(30)29-21-8-6-4-3-5-7-9-21/h3-11,13-17H,12H2,1-2H3,(H,29,30). The van der Waals surface area contributed by atoms with Gasteiger partial charge in [-0.2, -0.15) is 0 Å². The van der Waals surface area contributed by atoms with Gasteiger partial charge in [0.2, 0.25) is 5.91 Å². The van der Waals surface area contributed by atoms with Gasteiger partial charge < -0.3 is 14.8 Å². The number of fused-ring (bicyclic) bond motifs is 1. The minimum absolute atomic E-state index is 0.0955. The van der Waals surface area contributed by atoms with Gasteiger partial charge in [-0.15, -0.1) is 0 Å². The Hall–Kier alpha value is -4.19. The van der Waals surface area contributed by atoms with Crippen molar-refractivity contribution in [1.29, 1.82) is 0 Å². The molecule has 0 bridgehead atoms. The average molecular weight is 425 g/mol. The molecule has 0 fully saturated rings. The van der Waals surface area contributed by atoms with Crippen LogP contribution >= 0.6 is 0 Å². The molecular weight excluding hydrogens is 402 g/mol. The van der Waals surface area contributed by atoms with Crippen molar-refractivity contribution in [3.05, 3.63) is 96.5 Å². The minimum Gasteiger partial charge on any atom is -0.493 e. The first-order chi connectivity index (χ1) is 15.7. The predicted molar refractivity (Wildman–Crippen MR) is 125 cm³/mol. The number of allylic oxidation sites excluding steroid dienone is 7. The van der Waals surface area contributed by atoms with E-state index in [9.17, 15) is 4.79 Å². The van der Waals surface area contributed by atoms with Crippen LogP contribution in [0.4, 0.5) is 0 Å². The van der Waals surface area contributed by atoms with Crippen molar-refractivity contribution in [2.24, 2.45) is 0 Å². The number of amides is 1. The first-order valence-corrected chi connectivity index (χ1v) is 10.1. The van der Waals surface area contributed by atoms with Crippen LogP contribution in [0.15, 0.2) is 91.0 Å². The van der Waals surface area contributed by atoms with Crippen LogP contribution in [0.1, 0.15) is 5.56 Å². The number of carbonyl (C=O) groups excluding carboxylic acids is 1. The Bertz CT molecular complexity index is 1260. The molecule has 0 saturated carbocycles. The molecule has 3 aromatic rings. The number of benzene rings is 1. The number of nitrogens with zero attached hydrogens (tertiary/aromatic N) is 2. The van der Waals surface area contributed by atoms with Crippen molar-refractivity contribution in [2.45, 2.75) is 6.42 Å². The number of carbonyl (C=O) groups is 1. The molecule has 0 radical (unpaired) electrons.